The number of aliphatic hydroxyl groups excluding tert-OH is 1. The minimum Gasteiger partial charge on any atom is -0.393 e. The molecule has 0 saturated heterocycles. The van der Waals surface area contributed by atoms with Crippen LogP contribution in [0.15, 0.2) is 23.1 Å². The molecule has 1 saturated carbocycles. The first-order chi connectivity index (χ1) is 10.6. The molecule has 1 aliphatic rings. The summed E-state index contributed by atoms with van der Waals surface area (Å²) < 4.78 is 65.1. The van der Waals surface area contributed by atoms with E-state index in [4.69, 9.17) is 5.26 Å². The summed E-state index contributed by atoms with van der Waals surface area (Å²) in [6, 6.07) is 3.64. The van der Waals surface area contributed by atoms with E-state index in [9.17, 15) is 26.7 Å². The molecular formula is C14H15F3N2O3S. The highest BCUT2D eigenvalue weighted by molar-refractivity contribution is 7.89. The lowest BCUT2D eigenvalue weighted by molar-refractivity contribution is -0.137. The van der Waals surface area contributed by atoms with Crippen LogP contribution >= 0.6 is 0 Å². The van der Waals surface area contributed by atoms with Crippen LogP contribution < -0.4 is 4.72 Å². The molecule has 0 amide bonds. The molecule has 5 nitrogen and oxygen atoms in total. The molecule has 0 bridgehead atoms. The Hall–Kier alpha value is -1.63. The van der Waals surface area contributed by atoms with Gasteiger partial charge in [0, 0.05) is 6.54 Å². The third-order valence-corrected chi connectivity index (χ3v) is 5.30. The molecule has 1 aromatic rings. The monoisotopic (exact) mass is 348 g/mol. The topological polar surface area (TPSA) is 90.2 Å². The van der Waals surface area contributed by atoms with Crippen molar-refractivity contribution in [2.75, 3.05) is 6.54 Å². The number of hydrogen-bond donors (Lipinski definition) is 2. The minimum absolute atomic E-state index is 0.0369. The molecule has 9 heteroatoms. The molecule has 2 rings (SSSR count). The zero-order valence-electron chi connectivity index (χ0n) is 12.0. The zero-order chi connectivity index (χ0) is 17.3. The summed E-state index contributed by atoms with van der Waals surface area (Å²) in [5.41, 5.74) is -1.92. The van der Waals surface area contributed by atoms with E-state index in [1.54, 1.807) is 0 Å². The van der Waals surface area contributed by atoms with Crippen molar-refractivity contribution >= 4 is 10.0 Å². The van der Waals surface area contributed by atoms with Gasteiger partial charge in [-0.1, -0.05) is 6.42 Å². The standard InChI is InChI=1S/C14H15F3N2O3S/c15-14(16,17)12-6-11(5-4-9(12)7-18)23(21,22)19-8-10-2-1-3-13(10)20/h4-6,10,13,19-20H,1-3,8H2/t10-,13+/m1/s1. The summed E-state index contributed by atoms with van der Waals surface area (Å²) in [7, 11) is -4.15. The van der Waals surface area contributed by atoms with Gasteiger partial charge < -0.3 is 5.11 Å². The molecule has 23 heavy (non-hydrogen) atoms. The maximum absolute atomic E-state index is 12.9. The lowest BCUT2D eigenvalue weighted by Crippen LogP contribution is -2.32. The van der Waals surface area contributed by atoms with E-state index in [1.165, 1.54) is 6.07 Å². The quantitative estimate of drug-likeness (QED) is 0.871. The molecule has 1 aromatic carbocycles. The minimum atomic E-state index is -4.82. The Labute approximate surface area is 131 Å². The molecule has 0 aliphatic heterocycles. The highest BCUT2D eigenvalue weighted by Gasteiger charge is 2.35. The molecule has 0 spiro atoms. The summed E-state index contributed by atoms with van der Waals surface area (Å²) in [6.45, 7) is -0.0369. The Bertz CT molecular complexity index is 726. The predicted molar refractivity (Wildman–Crippen MR) is 74.7 cm³/mol. The molecular weight excluding hydrogens is 333 g/mol. The van der Waals surface area contributed by atoms with Crippen molar-refractivity contribution in [2.45, 2.75) is 36.4 Å². The fourth-order valence-corrected chi connectivity index (χ4v) is 3.70. The van der Waals surface area contributed by atoms with Gasteiger partial charge in [-0.05, 0) is 37.0 Å². The molecule has 0 radical (unpaired) electrons. The second kappa shape index (κ2) is 6.47. The van der Waals surface area contributed by atoms with Gasteiger partial charge in [0.25, 0.3) is 0 Å². The largest absolute Gasteiger partial charge is 0.417 e. The molecule has 0 aromatic heterocycles. The summed E-state index contributed by atoms with van der Waals surface area (Å²) in [4.78, 5) is -0.559. The van der Waals surface area contributed by atoms with Crippen molar-refractivity contribution in [3.05, 3.63) is 29.3 Å². The van der Waals surface area contributed by atoms with Crippen molar-refractivity contribution in [3.63, 3.8) is 0 Å². The van der Waals surface area contributed by atoms with Gasteiger partial charge >= 0.3 is 6.18 Å². The van der Waals surface area contributed by atoms with Crippen molar-refractivity contribution in [2.24, 2.45) is 5.92 Å². The van der Waals surface area contributed by atoms with Gasteiger partial charge in [0.1, 0.15) is 0 Å². The molecule has 0 heterocycles. The van der Waals surface area contributed by atoms with Crippen LogP contribution in [0.25, 0.3) is 0 Å². The van der Waals surface area contributed by atoms with E-state index in [0.29, 0.717) is 18.9 Å². The van der Waals surface area contributed by atoms with Crippen LogP contribution in [0.3, 0.4) is 0 Å². The highest BCUT2D eigenvalue weighted by atomic mass is 32.2. The Kier molecular flexibility index (Phi) is 4.98. The number of sulfonamides is 1. The number of nitriles is 1. The van der Waals surface area contributed by atoms with Gasteiger partial charge in [0.05, 0.1) is 28.2 Å². The molecule has 126 valence electrons. The first-order valence-electron chi connectivity index (χ1n) is 6.94. The van der Waals surface area contributed by atoms with Crippen molar-refractivity contribution < 1.29 is 26.7 Å². The Morgan fingerprint density at radius 2 is 2.04 bits per heavy atom. The summed E-state index contributed by atoms with van der Waals surface area (Å²) >= 11 is 0. The van der Waals surface area contributed by atoms with Gasteiger partial charge in [-0.3, -0.25) is 0 Å². The number of nitrogens with zero attached hydrogens (tertiary/aromatic N) is 1. The predicted octanol–water partition coefficient (Wildman–Crippen LogP) is 2.02. The fourth-order valence-electron chi connectivity index (χ4n) is 2.58. The van der Waals surface area contributed by atoms with Crippen molar-refractivity contribution in [1.82, 2.24) is 4.72 Å². The number of alkyl halides is 3. The first-order valence-corrected chi connectivity index (χ1v) is 8.42. The van der Waals surface area contributed by atoms with E-state index in [1.807, 2.05) is 0 Å². The van der Waals surface area contributed by atoms with Gasteiger partial charge in [0.2, 0.25) is 10.0 Å². The molecule has 2 N–H and O–H groups in total. The van der Waals surface area contributed by atoms with E-state index in [0.717, 1.165) is 18.6 Å². The van der Waals surface area contributed by atoms with Gasteiger partial charge in [-0.25, -0.2) is 13.1 Å². The van der Waals surface area contributed by atoms with E-state index >= 15 is 0 Å². The normalized spacial score (nSPS) is 22.0. The van der Waals surface area contributed by atoms with Crippen LogP contribution in [0, 0.1) is 17.2 Å². The molecule has 0 unspecified atom stereocenters. The number of benzene rings is 1. The molecule has 1 aliphatic carbocycles. The lowest BCUT2D eigenvalue weighted by Gasteiger charge is -2.16. The van der Waals surface area contributed by atoms with Crippen LogP contribution in [-0.4, -0.2) is 26.2 Å². The zero-order valence-corrected chi connectivity index (χ0v) is 12.8. The van der Waals surface area contributed by atoms with Gasteiger partial charge in [0.15, 0.2) is 0 Å². The van der Waals surface area contributed by atoms with E-state index < -0.39 is 38.3 Å². The maximum atomic E-state index is 12.9. The third kappa shape index (κ3) is 4.02. The van der Waals surface area contributed by atoms with Crippen LogP contribution in [0.4, 0.5) is 13.2 Å². The van der Waals surface area contributed by atoms with Crippen molar-refractivity contribution in [3.8, 4) is 6.07 Å². The first kappa shape index (κ1) is 17.7. The van der Waals surface area contributed by atoms with Crippen molar-refractivity contribution in [1.29, 1.82) is 5.26 Å². The average Bonchev–Trinajstić information content (AvgIpc) is 2.89. The number of rotatable bonds is 4. The summed E-state index contributed by atoms with van der Waals surface area (Å²) in [6.07, 6.45) is -3.41. The lowest BCUT2D eigenvalue weighted by atomic mass is 10.1. The maximum Gasteiger partial charge on any atom is 0.417 e. The van der Waals surface area contributed by atoms with Crippen LogP contribution in [0.1, 0.15) is 30.4 Å². The second-order valence-electron chi connectivity index (χ2n) is 5.43. The fraction of sp³-hybridized carbons (Fsp3) is 0.500. The number of aliphatic hydroxyl groups is 1. The summed E-state index contributed by atoms with van der Waals surface area (Å²) in [5, 5.41) is 18.4. The van der Waals surface area contributed by atoms with Crippen LogP contribution in [0.2, 0.25) is 0 Å². The van der Waals surface area contributed by atoms with E-state index in [2.05, 4.69) is 4.72 Å². The Morgan fingerprint density at radius 1 is 1.35 bits per heavy atom. The van der Waals surface area contributed by atoms with Gasteiger partial charge in [-0.15, -0.1) is 0 Å². The second-order valence-corrected chi connectivity index (χ2v) is 7.19. The molecule has 1 fully saturated rings. The van der Waals surface area contributed by atoms with E-state index in [-0.39, 0.29) is 12.5 Å². The van der Waals surface area contributed by atoms with Crippen LogP contribution in [0.5, 0.6) is 0 Å². The number of hydrogen-bond acceptors (Lipinski definition) is 4. The summed E-state index contributed by atoms with van der Waals surface area (Å²) in [5.74, 6) is -0.245. The highest BCUT2D eigenvalue weighted by Crippen LogP contribution is 2.33. The van der Waals surface area contributed by atoms with Crippen LogP contribution in [-0.2, 0) is 16.2 Å². The average molecular weight is 348 g/mol. The number of nitrogens with one attached hydrogen (secondary N) is 1. The Morgan fingerprint density at radius 3 is 2.57 bits per heavy atom. The smallest absolute Gasteiger partial charge is 0.393 e. The SMILES string of the molecule is N#Cc1ccc(S(=O)(=O)NC[C@H]2CCC[C@@H]2O)cc1C(F)(F)F. The number of halogens is 3. The molecule has 2 atom stereocenters. The third-order valence-electron chi connectivity index (χ3n) is 3.88. The Balaban J connectivity index is 2.24. The van der Waals surface area contributed by atoms with Gasteiger partial charge in [-0.2, -0.15) is 18.4 Å².